The molecule has 0 aromatic carbocycles. The minimum absolute atomic E-state index is 0.0985. The third-order valence-electron chi connectivity index (χ3n) is 3.49. The molecular weight excluding hydrogens is 292 g/mol. The van der Waals surface area contributed by atoms with E-state index in [9.17, 15) is 14.4 Å². The smallest absolute Gasteiger partial charge is 0.306 e. The number of carbonyl (C=O) groups is 3. The number of hydrogen-bond donors (Lipinski definition) is 3. The lowest BCUT2D eigenvalue weighted by Gasteiger charge is -2.27. The van der Waals surface area contributed by atoms with Crippen LogP contribution >= 0.6 is 11.3 Å². The van der Waals surface area contributed by atoms with Crippen molar-refractivity contribution < 1.29 is 19.5 Å². The van der Waals surface area contributed by atoms with Crippen LogP contribution in [0.3, 0.4) is 0 Å². The first-order valence-electron chi connectivity index (χ1n) is 6.87. The van der Waals surface area contributed by atoms with Crippen molar-refractivity contribution in [2.24, 2.45) is 5.92 Å². The standard InChI is InChI=1S/C14H18N2O4S/c1-8(17)15-12-6-5-11(21-12)13(18)16-10-4-2-3-9(7-10)14(19)20/h5-6,9-10H,2-4,7H2,1H3,(H,15,17)(H,16,18)(H,19,20). The number of hydrogen-bond acceptors (Lipinski definition) is 4. The van der Waals surface area contributed by atoms with Crippen molar-refractivity contribution in [2.45, 2.75) is 38.6 Å². The Balaban J connectivity index is 1.93. The van der Waals surface area contributed by atoms with E-state index in [4.69, 9.17) is 5.11 Å². The van der Waals surface area contributed by atoms with Crippen LogP contribution < -0.4 is 10.6 Å². The number of carbonyl (C=O) groups excluding carboxylic acids is 2. The highest BCUT2D eigenvalue weighted by molar-refractivity contribution is 7.18. The van der Waals surface area contributed by atoms with E-state index >= 15 is 0 Å². The minimum Gasteiger partial charge on any atom is -0.481 e. The van der Waals surface area contributed by atoms with E-state index in [0.29, 0.717) is 22.7 Å². The molecule has 6 nitrogen and oxygen atoms in total. The van der Waals surface area contributed by atoms with Gasteiger partial charge in [0.2, 0.25) is 5.91 Å². The van der Waals surface area contributed by atoms with E-state index in [1.807, 2.05) is 0 Å². The lowest BCUT2D eigenvalue weighted by atomic mass is 9.86. The fourth-order valence-electron chi connectivity index (χ4n) is 2.50. The summed E-state index contributed by atoms with van der Waals surface area (Å²) in [6.07, 6.45) is 2.77. The Labute approximate surface area is 126 Å². The van der Waals surface area contributed by atoms with Gasteiger partial charge in [0.1, 0.15) is 0 Å². The molecule has 2 unspecified atom stereocenters. The molecule has 0 aliphatic heterocycles. The van der Waals surface area contributed by atoms with Gasteiger partial charge in [-0.25, -0.2) is 0 Å². The van der Waals surface area contributed by atoms with Crippen LogP contribution in [0.25, 0.3) is 0 Å². The molecule has 1 aliphatic carbocycles. The van der Waals surface area contributed by atoms with Gasteiger partial charge in [-0.1, -0.05) is 6.42 Å². The predicted molar refractivity (Wildman–Crippen MR) is 79.5 cm³/mol. The maximum absolute atomic E-state index is 12.1. The molecule has 114 valence electrons. The van der Waals surface area contributed by atoms with Crippen LogP contribution in [-0.2, 0) is 9.59 Å². The molecule has 7 heteroatoms. The van der Waals surface area contributed by atoms with Crippen LogP contribution in [0.1, 0.15) is 42.3 Å². The molecule has 0 spiro atoms. The first kappa shape index (κ1) is 15.5. The summed E-state index contributed by atoms with van der Waals surface area (Å²) >= 11 is 1.20. The average Bonchev–Trinajstić information content (AvgIpc) is 2.86. The van der Waals surface area contributed by atoms with Gasteiger partial charge in [-0.15, -0.1) is 11.3 Å². The summed E-state index contributed by atoms with van der Waals surface area (Å²) in [5.41, 5.74) is 0. The normalized spacial score (nSPS) is 21.6. The highest BCUT2D eigenvalue weighted by atomic mass is 32.1. The summed E-state index contributed by atoms with van der Waals surface area (Å²) in [5, 5.41) is 15.2. The average molecular weight is 310 g/mol. The van der Waals surface area contributed by atoms with E-state index in [-0.39, 0.29) is 23.8 Å². The van der Waals surface area contributed by atoms with Crippen molar-refractivity contribution in [3.05, 3.63) is 17.0 Å². The van der Waals surface area contributed by atoms with Crippen molar-refractivity contribution in [3.63, 3.8) is 0 Å². The third-order valence-corrected chi connectivity index (χ3v) is 4.49. The van der Waals surface area contributed by atoms with E-state index < -0.39 is 5.97 Å². The largest absolute Gasteiger partial charge is 0.481 e. The van der Waals surface area contributed by atoms with Crippen molar-refractivity contribution in [2.75, 3.05) is 5.32 Å². The zero-order valence-corrected chi connectivity index (χ0v) is 12.5. The molecule has 0 saturated heterocycles. The fraction of sp³-hybridized carbons (Fsp3) is 0.500. The molecule has 0 radical (unpaired) electrons. The Morgan fingerprint density at radius 2 is 2.05 bits per heavy atom. The van der Waals surface area contributed by atoms with Crippen LogP contribution in [0.2, 0.25) is 0 Å². The van der Waals surface area contributed by atoms with E-state index in [1.54, 1.807) is 12.1 Å². The second-order valence-electron chi connectivity index (χ2n) is 5.22. The Kier molecular flexibility index (Phi) is 4.95. The van der Waals surface area contributed by atoms with Crippen LogP contribution in [0.5, 0.6) is 0 Å². The molecule has 1 aromatic rings. The quantitative estimate of drug-likeness (QED) is 0.793. The number of amides is 2. The molecule has 0 bridgehead atoms. The van der Waals surface area contributed by atoms with Crippen LogP contribution in [0.15, 0.2) is 12.1 Å². The second kappa shape index (κ2) is 6.71. The first-order chi connectivity index (χ1) is 9.95. The van der Waals surface area contributed by atoms with Gasteiger partial charge in [0.05, 0.1) is 15.8 Å². The van der Waals surface area contributed by atoms with Gasteiger partial charge in [-0.05, 0) is 31.4 Å². The topological polar surface area (TPSA) is 95.5 Å². The number of aliphatic carboxylic acids is 1. The van der Waals surface area contributed by atoms with Crippen LogP contribution in [0.4, 0.5) is 5.00 Å². The monoisotopic (exact) mass is 310 g/mol. The van der Waals surface area contributed by atoms with Gasteiger partial charge in [-0.3, -0.25) is 14.4 Å². The number of rotatable bonds is 4. The van der Waals surface area contributed by atoms with Gasteiger partial charge in [0.15, 0.2) is 0 Å². The zero-order valence-electron chi connectivity index (χ0n) is 11.7. The van der Waals surface area contributed by atoms with E-state index in [2.05, 4.69) is 10.6 Å². The van der Waals surface area contributed by atoms with Crippen molar-refractivity contribution in [1.82, 2.24) is 5.32 Å². The molecule has 1 aromatic heterocycles. The number of nitrogens with one attached hydrogen (secondary N) is 2. The van der Waals surface area contributed by atoms with E-state index in [1.165, 1.54) is 18.3 Å². The van der Waals surface area contributed by atoms with E-state index in [0.717, 1.165) is 12.8 Å². The lowest BCUT2D eigenvalue weighted by molar-refractivity contribution is -0.143. The summed E-state index contributed by atoms with van der Waals surface area (Å²) in [6.45, 7) is 1.41. The van der Waals surface area contributed by atoms with Gasteiger partial charge in [0, 0.05) is 13.0 Å². The Morgan fingerprint density at radius 1 is 1.29 bits per heavy atom. The Morgan fingerprint density at radius 3 is 2.71 bits per heavy atom. The highest BCUT2D eigenvalue weighted by Gasteiger charge is 2.28. The third kappa shape index (κ3) is 4.29. The summed E-state index contributed by atoms with van der Waals surface area (Å²) in [6, 6.07) is 3.24. The minimum atomic E-state index is -0.794. The number of anilines is 1. The first-order valence-corrected chi connectivity index (χ1v) is 7.68. The maximum atomic E-state index is 12.1. The van der Waals surface area contributed by atoms with Gasteiger partial charge >= 0.3 is 5.97 Å². The highest BCUT2D eigenvalue weighted by Crippen LogP contribution is 2.26. The number of carboxylic acid groups (broad SMARTS) is 1. The van der Waals surface area contributed by atoms with Crippen molar-refractivity contribution in [1.29, 1.82) is 0 Å². The summed E-state index contributed by atoms with van der Waals surface area (Å²) < 4.78 is 0. The molecular formula is C14H18N2O4S. The molecule has 1 fully saturated rings. The van der Waals surface area contributed by atoms with Gasteiger partial charge in [0.25, 0.3) is 5.91 Å². The summed E-state index contributed by atoms with van der Waals surface area (Å²) in [4.78, 5) is 34.6. The molecule has 1 aliphatic rings. The number of carboxylic acids is 1. The second-order valence-corrected chi connectivity index (χ2v) is 6.30. The molecule has 2 atom stereocenters. The number of thiophene rings is 1. The summed E-state index contributed by atoms with van der Waals surface area (Å²) in [5.74, 6) is -1.56. The molecule has 2 rings (SSSR count). The maximum Gasteiger partial charge on any atom is 0.306 e. The Bertz CT molecular complexity index is 555. The van der Waals surface area contributed by atoms with Gasteiger partial charge < -0.3 is 15.7 Å². The molecule has 2 amide bonds. The van der Waals surface area contributed by atoms with Gasteiger partial charge in [-0.2, -0.15) is 0 Å². The predicted octanol–water partition coefficient (Wildman–Crippen LogP) is 2.08. The lowest BCUT2D eigenvalue weighted by Crippen LogP contribution is -2.39. The molecule has 21 heavy (non-hydrogen) atoms. The Hall–Kier alpha value is -1.89. The molecule has 3 N–H and O–H groups in total. The van der Waals surface area contributed by atoms with Crippen molar-refractivity contribution >= 4 is 34.1 Å². The van der Waals surface area contributed by atoms with Crippen LogP contribution in [-0.4, -0.2) is 28.9 Å². The molecule has 1 saturated carbocycles. The zero-order chi connectivity index (χ0) is 15.4. The summed E-state index contributed by atoms with van der Waals surface area (Å²) in [7, 11) is 0. The SMILES string of the molecule is CC(=O)Nc1ccc(C(=O)NC2CCCC(C(=O)O)C2)s1. The molecule has 1 heterocycles. The van der Waals surface area contributed by atoms with Crippen LogP contribution in [0, 0.1) is 5.92 Å². The van der Waals surface area contributed by atoms with Crippen molar-refractivity contribution in [3.8, 4) is 0 Å². The fourth-order valence-corrected chi connectivity index (χ4v) is 3.36.